The first-order chi connectivity index (χ1) is 25.9. The third-order valence-corrected chi connectivity index (χ3v) is 10.8. The normalized spacial score (nSPS) is 14.9. The van der Waals surface area contributed by atoms with Crippen LogP contribution in [-0.4, -0.2) is 76.8 Å². The van der Waals surface area contributed by atoms with Crippen molar-refractivity contribution in [3.63, 3.8) is 0 Å². The number of para-hydroxylation sites is 1. The number of rotatable bonds is 6. The van der Waals surface area contributed by atoms with E-state index in [1.807, 2.05) is 78.0 Å². The van der Waals surface area contributed by atoms with Gasteiger partial charge in [-0.05, 0) is 104 Å². The van der Waals surface area contributed by atoms with Gasteiger partial charge in [0, 0.05) is 87.6 Å². The van der Waals surface area contributed by atoms with Gasteiger partial charge in [-0.1, -0.05) is 42.5 Å². The van der Waals surface area contributed by atoms with Crippen molar-refractivity contribution in [2.24, 2.45) is 7.05 Å². The number of nitrogens with zero attached hydrogens (tertiary/aromatic N) is 5. The molecule has 3 heterocycles. The maximum Gasteiger partial charge on any atom is 0.415 e. The van der Waals surface area contributed by atoms with Gasteiger partial charge in [0.1, 0.15) is 5.75 Å². The molecule has 0 unspecified atom stereocenters. The van der Waals surface area contributed by atoms with Crippen LogP contribution in [0.4, 0.5) is 10.5 Å². The zero-order valence-corrected chi connectivity index (χ0v) is 31.6. The van der Waals surface area contributed by atoms with E-state index in [2.05, 4.69) is 25.1 Å². The third kappa shape index (κ3) is 6.87. The van der Waals surface area contributed by atoms with Gasteiger partial charge in [-0.15, -0.1) is 0 Å². The average molecular weight is 724 g/mol. The van der Waals surface area contributed by atoms with Gasteiger partial charge in [-0.2, -0.15) is 0 Å². The number of aromatic nitrogens is 1. The lowest BCUT2D eigenvalue weighted by atomic mass is 9.90. The predicted molar refractivity (Wildman–Crippen MR) is 209 cm³/mol. The Bertz CT molecular complexity index is 2260. The first kappa shape index (κ1) is 36.2. The van der Waals surface area contributed by atoms with Gasteiger partial charge in [-0.3, -0.25) is 14.4 Å². The number of carbonyl (C=O) groups is 4. The Balaban J connectivity index is 1.23. The van der Waals surface area contributed by atoms with Crippen molar-refractivity contribution in [2.45, 2.75) is 45.8 Å². The highest BCUT2D eigenvalue weighted by Crippen LogP contribution is 2.36. The summed E-state index contributed by atoms with van der Waals surface area (Å²) in [7, 11) is 7.07. The minimum absolute atomic E-state index is 0.0334. The molecule has 4 amide bonds. The molecular formula is C44H45N5O5. The van der Waals surface area contributed by atoms with E-state index in [0.717, 1.165) is 45.7 Å². The van der Waals surface area contributed by atoms with E-state index in [1.54, 1.807) is 55.2 Å². The molecule has 0 bridgehead atoms. The van der Waals surface area contributed by atoms with Crippen molar-refractivity contribution in [1.82, 2.24) is 19.3 Å². The second-order valence-electron chi connectivity index (χ2n) is 14.5. The SMILES string of the molecule is Cc1c(C(=O)N(C)c2ccccc2)cc(-c2cc3c(cc2C(=O)N2Cc4ccccc4C[C@H]2C)CN(C(=O)Oc2ccc(C(=O)N(C)C)cc2)CC3)n1C. The monoisotopic (exact) mass is 723 g/mol. The fraction of sp³-hybridized carbons (Fsp3) is 0.273. The molecule has 5 aromatic rings. The Hall–Kier alpha value is -6.16. The maximum atomic E-state index is 14.8. The summed E-state index contributed by atoms with van der Waals surface area (Å²) in [5.74, 6) is -0.0361. The minimum Gasteiger partial charge on any atom is -0.410 e. The first-order valence-electron chi connectivity index (χ1n) is 18.2. The molecule has 0 N–H and O–H groups in total. The largest absolute Gasteiger partial charge is 0.415 e. The van der Waals surface area contributed by atoms with Crippen LogP contribution >= 0.6 is 0 Å². The number of amides is 4. The van der Waals surface area contributed by atoms with Crippen molar-refractivity contribution in [3.05, 3.63) is 142 Å². The number of hydrogen-bond acceptors (Lipinski definition) is 5. The lowest BCUT2D eigenvalue weighted by molar-refractivity contribution is 0.0658. The second kappa shape index (κ2) is 14.7. The van der Waals surface area contributed by atoms with E-state index < -0.39 is 6.09 Å². The van der Waals surface area contributed by atoms with E-state index in [9.17, 15) is 19.2 Å². The standard InChI is InChI=1S/C44H45N5O5/c1-28-22-31-12-10-11-13-33(31)27-49(28)43(52)39-24-34-26-48(44(53)54-36-18-16-30(17-19-36)41(50)45(3)4)21-20-32(34)23-38(39)40-25-37(29(2)46(40)5)42(51)47(6)35-14-8-7-9-15-35/h7-19,23-25,28H,20-22,26-27H2,1-6H3/t28-/m1/s1. The molecule has 4 aromatic carbocycles. The molecule has 0 saturated heterocycles. The highest BCUT2D eigenvalue weighted by Gasteiger charge is 2.32. The predicted octanol–water partition coefficient (Wildman–Crippen LogP) is 7.12. The van der Waals surface area contributed by atoms with Gasteiger partial charge in [-0.25, -0.2) is 4.79 Å². The average Bonchev–Trinajstić information content (AvgIpc) is 3.48. The Morgan fingerprint density at radius 1 is 0.741 bits per heavy atom. The van der Waals surface area contributed by atoms with Gasteiger partial charge in [0.25, 0.3) is 17.7 Å². The highest BCUT2D eigenvalue weighted by molar-refractivity contribution is 6.08. The van der Waals surface area contributed by atoms with Gasteiger partial charge in [0.2, 0.25) is 0 Å². The number of fused-ring (bicyclic) bond motifs is 2. The van der Waals surface area contributed by atoms with E-state index in [0.29, 0.717) is 42.0 Å². The van der Waals surface area contributed by atoms with Gasteiger partial charge in [0.15, 0.2) is 0 Å². The summed E-state index contributed by atoms with van der Waals surface area (Å²) in [5.41, 5.74) is 8.95. The quantitative estimate of drug-likeness (QED) is 0.186. The highest BCUT2D eigenvalue weighted by atomic mass is 16.6. The molecule has 54 heavy (non-hydrogen) atoms. The van der Waals surface area contributed by atoms with Crippen LogP contribution in [0.2, 0.25) is 0 Å². The summed E-state index contributed by atoms with van der Waals surface area (Å²) >= 11 is 0. The summed E-state index contributed by atoms with van der Waals surface area (Å²) in [5, 5.41) is 0. The minimum atomic E-state index is -0.505. The summed E-state index contributed by atoms with van der Waals surface area (Å²) < 4.78 is 7.72. The molecule has 0 fully saturated rings. The maximum absolute atomic E-state index is 14.8. The fourth-order valence-electron chi connectivity index (χ4n) is 7.47. The molecule has 7 rings (SSSR count). The lowest BCUT2D eigenvalue weighted by Crippen LogP contribution is -2.43. The number of carbonyl (C=O) groups excluding carboxylic acids is 4. The van der Waals surface area contributed by atoms with Crippen molar-refractivity contribution in [1.29, 1.82) is 0 Å². The molecule has 10 heteroatoms. The van der Waals surface area contributed by atoms with E-state index in [4.69, 9.17) is 4.74 Å². The zero-order valence-electron chi connectivity index (χ0n) is 31.6. The number of anilines is 1. The van der Waals surface area contributed by atoms with Crippen LogP contribution in [0.5, 0.6) is 5.75 Å². The Morgan fingerprint density at radius 2 is 1.43 bits per heavy atom. The van der Waals surface area contributed by atoms with E-state index in [1.165, 1.54) is 10.5 Å². The zero-order chi connectivity index (χ0) is 38.3. The summed E-state index contributed by atoms with van der Waals surface area (Å²) in [6.45, 7) is 5.18. The van der Waals surface area contributed by atoms with Crippen LogP contribution in [0.15, 0.2) is 97.1 Å². The van der Waals surface area contributed by atoms with Crippen molar-refractivity contribution >= 4 is 29.5 Å². The molecule has 1 aromatic heterocycles. The first-order valence-corrected chi connectivity index (χ1v) is 18.2. The molecule has 276 valence electrons. The van der Waals surface area contributed by atoms with Gasteiger partial charge in [0.05, 0.1) is 5.56 Å². The van der Waals surface area contributed by atoms with Crippen molar-refractivity contribution < 1.29 is 23.9 Å². The van der Waals surface area contributed by atoms with Crippen LogP contribution in [0, 0.1) is 6.92 Å². The lowest BCUT2D eigenvalue weighted by Gasteiger charge is -2.36. The number of ether oxygens (including phenoxy) is 1. The third-order valence-electron chi connectivity index (χ3n) is 10.8. The molecule has 2 aliphatic rings. The smallest absolute Gasteiger partial charge is 0.410 e. The van der Waals surface area contributed by atoms with Gasteiger partial charge < -0.3 is 28.9 Å². The molecule has 0 aliphatic carbocycles. The molecule has 0 radical (unpaired) electrons. The number of benzene rings is 4. The molecular weight excluding hydrogens is 679 g/mol. The molecule has 0 saturated carbocycles. The molecule has 10 nitrogen and oxygen atoms in total. The van der Waals surface area contributed by atoms with Crippen LogP contribution in [-0.2, 0) is 33.0 Å². The molecule has 0 spiro atoms. The fourth-order valence-corrected chi connectivity index (χ4v) is 7.47. The molecule has 1 atom stereocenters. The van der Waals surface area contributed by atoms with Crippen LogP contribution in [0.25, 0.3) is 11.3 Å². The Morgan fingerprint density at radius 3 is 2.13 bits per heavy atom. The van der Waals surface area contributed by atoms with Crippen LogP contribution in [0.3, 0.4) is 0 Å². The second-order valence-corrected chi connectivity index (χ2v) is 14.5. The molecule has 2 aliphatic heterocycles. The summed E-state index contributed by atoms with van der Waals surface area (Å²) in [6.07, 6.45) is 0.802. The summed E-state index contributed by atoms with van der Waals surface area (Å²) in [6, 6.07) is 30.1. The Labute approximate surface area is 316 Å². The van der Waals surface area contributed by atoms with E-state index in [-0.39, 0.29) is 30.3 Å². The number of hydrogen-bond donors (Lipinski definition) is 0. The van der Waals surface area contributed by atoms with E-state index >= 15 is 0 Å². The van der Waals surface area contributed by atoms with Crippen molar-refractivity contribution in [3.8, 4) is 17.0 Å². The van der Waals surface area contributed by atoms with Gasteiger partial charge >= 0.3 is 6.09 Å². The Kier molecular flexibility index (Phi) is 9.85. The summed E-state index contributed by atoms with van der Waals surface area (Å²) in [4.78, 5) is 61.2. The van der Waals surface area contributed by atoms with Crippen LogP contribution < -0.4 is 9.64 Å². The van der Waals surface area contributed by atoms with Crippen LogP contribution in [0.1, 0.15) is 65.9 Å². The topological polar surface area (TPSA) is 95.4 Å². The van der Waals surface area contributed by atoms with Crippen molar-refractivity contribution in [2.75, 3.05) is 32.6 Å².